The van der Waals surface area contributed by atoms with Crippen molar-refractivity contribution in [3.05, 3.63) is 74.4 Å². The van der Waals surface area contributed by atoms with Crippen molar-refractivity contribution in [2.75, 3.05) is 11.4 Å². The number of halogens is 5. The van der Waals surface area contributed by atoms with Gasteiger partial charge in [0, 0.05) is 31.7 Å². The van der Waals surface area contributed by atoms with Gasteiger partial charge < -0.3 is 9.47 Å². The number of aromatic nitrogens is 4. The molecule has 11 heteroatoms. The van der Waals surface area contributed by atoms with Crippen LogP contribution in [0, 0.1) is 11.7 Å². The van der Waals surface area contributed by atoms with E-state index in [0.29, 0.717) is 49.4 Å². The predicted octanol–water partition coefficient (Wildman–Crippen LogP) is 4.66. The lowest BCUT2D eigenvalue weighted by molar-refractivity contribution is -0.138. The molecule has 0 amide bonds. The van der Waals surface area contributed by atoms with E-state index >= 15 is 0 Å². The van der Waals surface area contributed by atoms with Crippen molar-refractivity contribution in [1.29, 1.82) is 0 Å². The first-order chi connectivity index (χ1) is 16.2. The summed E-state index contributed by atoms with van der Waals surface area (Å²) in [6, 6.07) is 2.70. The second kappa shape index (κ2) is 8.72. The summed E-state index contributed by atoms with van der Waals surface area (Å²) in [7, 11) is 0. The molecular weight excluding hydrogens is 474 g/mol. The molecule has 2 aliphatic rings. The molecule has 6 nitrogen and oxygen atoms in total. The molecule has 1 aliphatic carbocycles. The number of benzene rings is 1. The average Bonchev–Trinajstić information content (AvgIpc) is 3.16. The molecule has 1 fully saturated rings. The van der Waals surface area contributed by atoms with Crippen LogP contribution in [0.2, 0.25) is 5.02 Å². The average molecular weight is 496 g/mol. The van der Waals surface area contributed by atoms with Crippen molar-refractivity contribution in [1.82, 2.24) is 19.3 Å². The molecule has 1 saturated carbocycles. The fraction of sp³-hybridized carbons (Fsp3) is 0.435. The monoisotopic (exact) mass is 495 g/mol. The zero-order valence-corrected chi connectivity index (χ0v) is 18.9. The smallest absolute Gasteiger partial charge is 0.362 e. The van der Waals surface area contributed by atoms with E-state index in [9.17, 15) is 22.4 Å². The van der Waals surface area contributed by atoms with Crippen molar-refractivity contribution in [3.8, 4) is 0 Å². The molecule has 0 spiro atoms. The fourth-order valence-corrected chi connectivity index (χ4v) is 4.84. The molecule has 1 aliphatic heterocycles. The number of hydrogen-bond donors (Lipinski definition) is 0. The summed E-state index contributed by atoms with van der Waals surface area (Å²) in [6.45, 7) is 1.35. The molecule has 0 bridgehead atoms. The highest BCUT2D eigenvalue weighted by Crippen LogP contribution is 2.34. The molecule has 0 unspecified atom stereocenters. The van der Waals surface area contributed by atoms with E-state index in [1.54, 1.807) is 10.8 Å². The molecule has 0 atom stereocenters. The Balaban J connectivity index is 1.36. The summed E-state index contributed by atoms with van der Waals surface area (Å²) in [6.07, 6.45) is 2.29. The Morgan fingerprint density at radius 2 is 2.00 bits per heavy atom. The van der Waals surface area contributed by atoms with E-state index in [0.717, 1.165) is 30.7 Å². The van der Waals surface area contributed by atoms with Crippen LogP contribution in [0.15, 0.2) is 35.5 Å². The van der Waals surface area contributed by atoms with Crippen molar-refractivity contribution >= 4 is 17.3 Å². The standard InChI is InChI=1S/C23H22ClF4N5O/c24-21-20(9-30-33(22(21)34)10-14-2-1-3-14)31-7-6-19-18(12-31)29-13-32(19)11-15-4-5-16(25)8-17(15)23(26,27)28/h4-5,8-9,13-14H,1-3,6-7,10-12H2. The van der Waals surface area contributed by atoms with Crippen LogP contribution < -0.4 is 10.5 Å². The predicted molar refractivity (Wildman–Crippen MR) is 118 cm³/mol. The minimum absolute atomic E-state index is 0.0288. The molecular formula is C23H22ClF4N5O. The van der Waals surface area contributed by atoms with Gasteiger partial charge in [-0.15, -0.1) is 0 Å². The van der Waals surface area contributed by atoms with Crippen molar-refractivity contribution in [3.63, 3.8) is 0 Å². The van der Waals surface area contributed by atoms with Crippen LogP contribution in [-0.4, -0.2) is 25.9 Å². The van der Waals surface area contributed by atoms with Crippen LogP contribution in [0.5, 0.6) is 0 Å². The third-order valence-corrected chi connectivity index (χ3v) is 7.03. The Morgan fingerprint density at radius 1 is 1.21 bits per heavy atom. The summed E-state index contributed by atoms with van der Waals surface area (Å²) in [4.78, 5) is 19.0. The first-order valence-electron chi connectivity index (χ1n) is 11.1. The van der Waals surface area contributed by atoms with Gasteiger partial charge in [0.15, 0.2) is 0 Å². The lowest BCUT2D eigenvalue weighted by atomic mass is 9.85. The number of rotatable bonds is 5. The van der Waals surface area contributed by atoms with Crippen molar-refractivity contribution in [2.45, 2.75) is 51.5 Å². The zero-order chi connectivity index (χ0) is 24.0. The van der Waals surface area contributed by atoms with Gasteiger partial charge in [-0.3, -0.25) is 4.79 Å². The van der Waals surface area contributed by atoms with Gasteiger partial charge in [0.2, 0.25) is 0 Å². The van der Waals surface area contributed by atoms with Crippen LogP contribution >= 0.6 is 11.6 Å². The highest BCUT2D eigenvalue weighted by Gasteiger charge is 2.34. The van der Waals surface area contributed by atoms with Gasteiger partial charge in [-0.25, -0.2) is 14.1 Å². The van der Waals surface area contributed by atoms with Gasteiger partial charge in [0.25, 0.3) is 5.56 Å². The molecule has 0 radical (unpaired) electrons. The minimum Gasteiger partial charge on any atom is -0.362 e. The first-order valence-corrected chi connectivity index (χ1v) is 11.5. The molecule has 3 aromatic rings. The summed E-state index contributed by atoms with van der Waals surface area (Å²) in [5.74, 6) is -0.466. The molecule has 0 saturated heterocycles. The Bertz CT molecular complexity index is 1280. The lowest BCUT2D eigenvalue weighted by Gasteiger charge is -2.30. The summed E-state index contributed by atoms with van der Waals surface area (Å²) >= 11 is 6.41. The first kappa shape index (κ1) is 22.9. The van der Waals surface area contributed by atoms with E-state index < -0.39 is 17.6 Å². The maximum Gasteiger partial charge on any atom is 0.416 e. The third-order valence-electron chi connectivity index (χ3n) is 6.67. The summed E-state index contributed by atoms with van der Waals surface area (Å²) in [5.41, 5.74) is 0.673. The van der Waals surface area contributed by atoms with Crippen LogP contribution in [-0.2, 0) is 32.2 Å². The molecule has 3 heterocycles. The normalized spacial score (nSPS) is 16.4. The highest BCUT2D eigenvalue weighted by molar-refractivity contribution is 6.33. The zero-order valence-electron chi connectivity index (χ0n) is 18.2. The van der Waals surface area contributed by atoms with E-state index in [-0.39, 0.29) is 22.7 Å². The number of imidazole rings is 1. The number of alkyl halides is 3. The van der Waals surface area contributed by atoms with Gasteiger partial charge >= 0.3 is 6.18 Å². The van der Waals surface area contributed by atoms with Crippen molar-refractivity contribution in [2.24, 2.45) is 5.92 Å². The van der Waals surface area contributed by atoms with Crippen molar-refractivity contribution < 1.29 is 17.6 Å². The van der Waals surface area contributed by atoms with E-state index in [2.05, 4.69) is 10.1 Å². The maximum atomic E-state index is 13.4. The van der Waals surface area contributed by atoms with Crippen LogP contribution in [0.1, 0.15) is 41.8 Å². The Hall–Kier alpha value is -2.88. The van der Waals surface area contributed by atoms with E-state index in [4.69, 9.17) is 11.6 Å². The lowest BCUT2D eigenvalue weighted by Crippen LogP contribution is -2.35. The highest BCUT2D eigenvalue weighted by atomic mass is 35.5. The Labute approximate surface area is 197 Å². The molecule has 2 aromatic heterocycles. The van der Waals surface area contributed by atoms with E-state index in [1.807, 2.05) is 4.90 Å². The second-order valence-electron chi connectivity index (χ2n) is 8.86. The quantitative estimate of drug-likeness (QED) is 0.483. The topological polar surface area (TPSA) is 56.0 Å². The van der Waals surface area contributed by atoms with E-state index in [1.165, 1.54) is 17.4 Å². The summed E-state index contributed by atoms with van der Waals surface area (Å²) in [5, 5.41) is 4.42. The van der Waals surface area contributed by atoms with Crippen LogP contribution in [0.3, 0.4) is 0 Å². The third kappa shape index (κ3) is 4.31. The van der Waals surface area contributed by atoms with Gasteiger partial charge in [-0.1, -0.05) is 24.1 Å². The molecule has 34 heavy (non-hydrogen) atoms. The number of anilines is 1. The molecule has 1 aromatic carbocycles. The molecule has 180 valence electrons. The SMILES string of the molecule is O=c1c(Cl)c(N2CCc3c(ncn3Cc3ccc(F)cc3C(F)(F)F)C2)cnn1CC1CCC1. The van der Waals surface area contributed by atoms with Crippen LogP contribution in [0.25, 0.3) is 0 Å². The summed E-state index contributed by atoms with van der Waals surface area (Å²) < 4.78 is 56.7. The number of hydrogen-bond acceptors (Lipinski definition) is 4. The Morgan fingerprint density at radius 3 is 2.71 bits per heavy atom. The number of fused-ring (bicyclic) bond motifs is 1. The molecule has 0 N–H and O–H groups in total. The van der Waals surface area contributed by atoms with Gasteiger partial charge in [-0.05, 0) is 36.5 Å². The minimum atomic E-state index is -4.66. The van der Waals surface area contributed by atoms with Gasteiger partial charge in [0.05, 0.1) is 36.0 Å². The fourth-order valence-electron chi connectivity index (χ4n) is 4.57. The van der Waals surface area contributed by atoms with Gasteiger partial charge in [-0.2, -0.15) is 18.3 Å². The Kier molecular flexibility index (Phi) is 5.87. The second-order valence-corrected chi connectivity index (χ2v) is 9.24. The number of nitrogens with zero attached hydrogens (tertiary/aromatic N) is 5. The van der Waals surface area contributed by atoms with Gasteiger partial charge in [0.1, 0.15) is 10.8 Å². The van der Waals surface area contributed by atoms with Crippen LogP contribution in [0.4, 0.5) is 23.2 Å². The largest absolute Gasteiger partial charge is 0.416 e. The molecule has 5 rings (SSSR count). The maximum absolute atomic E-state index is 13.4.